The molecule has 0 saturated heterocycles. The van der Waals surface area contributed by atoms with Crippen molar-refractivity contribution in [2.24, 2.45) is 5.92 Å². The van der Waals surface area contributed by atoms with E-state index >= 15 is 0 Å². The van der Waals surface area contributed by atoms with Crippen LogP contribution >= 0.6 is 11.3 Å². The van der Waals surface area contributed by atoms with Gasteiger partial charge in [-0.05, 0) is 101 Å². The Morgan fingerprint density at radius 3 is 2.86 bits per heavy atom. The van der Waals surface area contributed by atoms with Gasteiger partial charge in [-0.2, -0.15) is 0 Å². The number of hydrogen-bond acceptors (Lipinski definition) is 6. The van der Waals surface area contributed by atoms with E-state index < -0.39 is 0 Å². The second-order valence-corrected chi connectivity index (χ2v) is 11.1. The zero-order chi connectivity index (χ0) is 24.6. The number of ether oxygens (including phenoxy) is 1. The van der Waals surface area contributed by atoms with Gasteiger partial charge in [0.05, 0.1) is 12.8 Å². The third kappa shape index (κ3) is 7.31. The zero-order valence-electron chi connectivity index (χ0n) is 21.2. The minimum Gasteiger partial charge on any atom is -0.497 e. The van der Waals surface area contributed by atoms with Crippen molar-refractivity contribution in [1.29, 1.82) is 0 Å². The first-order valence-corrected chi connectivity index (χ1v) is 14.0. The normalized spacial score (nSPS) is 22.3. The first-order valence-electron chi connectivity index (χ1n) is 13.1. The van der Waals surface area contributed by atoms with Crippen molar-refractivity contribution >= 4 is 28.5 Å². The van der Waals surface area contributed by atoms with E-state index in [1.54, 1.807) is 24.5 Å². The molecule has 1 fully saturated rings. The molecule has 3 N–H and O–H groups in total. The lowest BCUT2D eigenvalue weighted by Crippen LogP contribution is -2.41. The fourth-order valence-electron chi connectivity index (χ4n) is 5.56. The van der Waals surface area contributed by atoms with Gasteiger partial charge >= 0.3 is 0 Å². The molecule has 6 nitrogen and oxygen atoms in total. The maximum absolute atomic E-state index is 12.4. The molecule has 2 aromatic rings. The first kappa shape index (κ1) is 25.7. The van der Waals surface area contributed by atoms with Crippen LogP contribution in [0.5, 0.6) is 5.75 Å². The summed E-state index contributed by atoms with van der Waals surface area (Å²) >= 11 is 1.68. The second-order valence-electron chi connectivity index (χ2n) is 9.98. The summed E-state index contributed by atoms with van der Waals surface area (Å²) in [5.74, 6) is 1.55. The number of nitrogens with one attached hydrogen (secondary N) is 1. The SMILES string of the molecule is CCCN(CCC1CCC(NC(=O)/C=C/c2cccc(OC)c2)CC1)[C@H]1CCc2nc(N)sc2C1. The van der Waals surface area contributed by atoms with Gasteiger partial charge in [0.1, 0.15) is 5.75 Å². The lowest BCUT2D eigenvalue weighted by Gasteiger charge is -2.36. The number of nitrogen functional groups attached to an aromatic ring is 1. The van der Waals surface area contributed by atoms with Crippen LogP contribution in [-0.4, -0.2) is 48.1 Å². The molecular weight excluding hydrogens is 456 g/mol. The predicted molar refractivity (Wildman–Crippen MR) is 145 cm³/mol. The molecule has 0 unspecified atom stereocenters. The molecule has 35 heavy (non-hydrogen) atoms. The Morgan fingerprint density at radius 1 is 1.26 bits per heavy atom. The Labute approximate surface area is 214 Å². The largest absolute Gasteiger partial charge is 0.497 e. The van der Waals surface area contributed by atoms with Gasteiger partial charge in [0.15, 0.2) is 5.13 Å². The molecule has 0 bridgehead atoms. The molecule has 0 aliphatic heterocycles. The van der Waals surface area contributed by atoms with Gasteiger partial charge in [0.25, 0.3) is 0 Å². The molecule has 1 aromatic heterocycles. The summed E-state index contributed by atoms with van der Waals surface area (Å²) in [5.41, 5.74) is 8.15. The van der Waals surface area contributed by atoms with E-state index in [1.165, 1.54) is 55.8 Å². The summed E-state index contributed by atoms with van der Waals surface area (Å²) in [4.78, 5) is 21.1. The average Bonchev–Trinajstić information content (AvgIpc) is 3.25. The van der Waals surface area contributed by atoms with Crippen molar-refractivity contribution in [1.82, 2.24) is 15.2 Å². The number of aryl methyl sites for hydroxylation is 1. The summed E-state index contributed by atoms with van der Waals surface area (Å²) in [5, 5.41) is 3.92. The molecule has 2 aliphatic carbocycles. The Balaban J connectivity index is 1.19. The van der Waals surface area contributed by atoms with Crippen molar-refractivity contribution < 1.29 is 9.53 Å². The minimum atomic E-state index is -0.00855. The number of aromatic nitrogens is 1. The van der Waals surface area contributed by atoms with Crippen molar-refractivity contribution in [2.45, 2.75) is 76.8 Å². The lowest BCUT2D eigenvalue weighted by atomic mass is 9.83. The highest BCUT2D eigenvalue weighted by molar-refractivity contribution is 7.15. The summed E-state index contributed by atoms with van der Waals surface area (Å²) in [6, 6.07) is 8.64. The number of thiazole rings is 1. The third-order valence-corrected chi connectivity index (χ3v) is 8.45. The number of rotatable bonds is 10. The monoisotopic (exact) mass is 496 g/mol. The molecule has 1 aromatic carbocycles. The number of amides is 1. The zero-order valence-corrected chi connectivity index (χ0v) is 22.0. The van der Waals surface area contributed by atoms with Crippen LogP contribution in [0.15, 0.2) is 30.3 Å². The molecule has 1 atom stereocenters. The number of nitrogens with zero attached hydrogens (tertiary/aromatic N) is 2. The van der Waals surface area contributed by atoms with Gasteiger partial charge in [0.2, 0.25) is 5.91 Å². The Kier molecular flexibility index (Phi) is 9.21. The molecule has 7 heteroatoms. The highest BCUT2D eigenvalue weighted by Crippen LogP contribution is 2.32. The van der Waals surface area contributed by atoms with E-state index in [4.69, 9.17) is 10.5 Å². The van der Waals surface area contributed by atoms with Crippen LogP contribution in [0, 0.1) is 5.92 Å². The lowest BCUT2D eigenvalue weighted by molar-refractivity contribution is -0.117. The fraction of sp³-hybridized carbons (Fsp3) is 0.571. The van der Waals surface area contributed by atoms with Gasteiger partial charge in [-0.3, -0.25) is 4.79 Å². The number of benzene rings is 1. The number of nitrogens with two attached hydrogens (primary N) is 1. The number of anilines is 1. The van der Waals surface area contributed by atoms with Gasteiger partial charge in [-0.1, -0.05) is 19.1 Å². The van der Waals surface area contributed by atoms with Crippen LogP contribution in [-0.2, 0) is 17.6 Å². The maximum atomic E-state index is 12.4. The summed E-state index contributed by atoms with van der Waals surface area (Å²) in [7, 11) is 1.65. The number of methoxy groups -OCH3 is 1. The Morgan fingerprint density at radius 2 is 2.09 bits per heavy atom. The van der Waals surface area contributed by atoms with E-state index in [9.17, 15) is 4.79 Å². The Bertz CT molecular complexity index is 997. The number of hydrogen-bond donors (Lipinski definition) is 2. The maximum Gasteiger partial charge on any atom is 0.244 e. The molecule has 1 saturated carbocycles. The molecule has 0 radical (unpaired) electrons. The van der Waals surface area contributed by atoms with Crippen molar-refractivity contribution in [3.63, 3.8) is 0 Å². The highest BCUT2D eigenvalue weighted by atomic mass is 32.1. The topological polar surface area (TPSA) is 80.5 Å². The van der Waals surface area contributed by atoms with E-state index in [1.807, 2.05) is 30.3 Å². The summed E-state index contributed by atoms with van der Waals surface area (Å²) in [6.07, 6.45) is 13.8. The number of carbonyl (C=O) groups is 1. The van der Waals surface area contributed by atoms with Crippen LogP contribution in [0.4, 0.5) is 5.13 Å². The van der Waals surface area contributed by atoms with E-state index in [0.29, 0.717) is 6.04 Å². The van der Waals surface area contributed by atoms with Crippen molar-refractivity contribution in [2.75, 3.05) is 25.9 Å². The minimum absolute atomic E-state index is 0.00855. The van der Waals surface area contributed by atoms with Crippen molar-refractivity contribution in [3.8, 4) is 5.75 Å². The second kappa shape index (κ2) is 12.5. The third-order valence-electron chi connectivity index (χ3n) is 7.50. The highest BCUT2D eigenvalue weighted by Gasteiger charge is 2.28. The van der Waals surface area contributed by atoms with Crippen LogP contribution in [0.25, 0.3) is 6.08 Å². The molecule has 190 valence electrons. The van der Waals surface area contributed by atoms with E-state index in [-0.39, 0.29) is 11.9 Å². The van der Waals surface area contributed by atoms with Crippen molar-refractivity contribution in [3.05, 3.63) is 46.5 Å². The van der Waals surface area contributed by atoms with Gasteiger partial charge in [-0.15, -0.1) is 11.3 Å². The smallest absolute Gasteiger partial charge is 0.244 e. The number of fused-ring (bicyclic) bond motifs is 1. The van der Waals surface area contributed by atoms with Crippen LogP contribution in [0.3, 0.4) is 0 Å². The van der Waals surface area contributed by atoms with Gasteiger partial charge in [-0.25, -0.2) is 4.98 Å². The average molecular weight is 497 g/mol. The first-order chi connectivity index (χ1) is 17.0. The van der Waals surface area contributed by atoms with Gasteiger partial charge in [0, 0.05) is 23.0 Å². The summed E-state index contributed by atoms with van der Waals surface area (Å²) in [6.45, 7) is 4.62. The molecule has 4 rings (SSSR count). The van der Waals surface area contributed by atoms with Crippen LogP contribution in [0.2, 0.25) is 0 Å². The molecule has 1 heterocycles. The van der Waals surface area contributed by atoms with Crippen LogP contribution in [0.1, 0.15) is 68.0 Å². The van der Waals surface area contributed by atoms with Crippen LogP contribution < -0.4 is 15.8 Å². The fourth-order valence-corrected chi connectivity index (χ4v) is 6.51. The molecule has 0 spiro atoms. The molecule has 2 aliphatic rings. The number of carbonyl (C=O) groups excluding carboxylic acids is 1. The standard InChI is InChI=1S/C28H40N4O2S/c1-3-16-32(23-12-13-25-26(19-23)35-28(29)31-25)17-15-20-7-10-22(11-8-20)30-27(33)14-9-21-5-4-6-24(18-21)34-2/h4-6,9,14,18,20,22-23H,3,7-8,10-13,15-17,19H2,1-2H3,(H2,29,31)(H,30,33)/b14-9+/t20?,22?,23-/m0/s1. The van der Waals surface area contributed by atoms with E-state index in [2.05, 4.69) is 22.1 Å². The van der Waals surface area contributed by atoms with Gasteiger partial charge < -0.3 is 20.7 Å². The van der Waals surface area contributed by atoms with E-state index in [0.717, 1.165) is 48.0 Å². The molecular formula is C28H40N4O2S. The summed E-state index contributed by atoms with van der Waals surface area (Å²) < 4.78 is 5.25. The predicted octanol–water partition coefficient (Wildman–Crippen LogP) is 5.08. The quantitative estimate of drug-likeness (QED) is 0.448. The molecule has 1 amide bonds. The Hall–Kier alpha value is -2.38.